The second kappa shape index (κ2) is 6.60. The number of hydrogen-bond acceptors (Lipinski definition) is 5. The van der Waals surface area contributed by atoms with Crippen LogP contribution in [0.5, 0.6) is 0 Å². The number of hydrogen-bond donors (Lipinski definition) is 2. The van der Waals surface area contributed by atoms with E-state index in [1.54, 1.807) is 0 Å². The van der Waals surface area contributed by atoms with Gasteiger partial charge in [-0.2, -0.15) is 0 Å². The first kappa shape index (κ1) is 17.2. The van der Waals surface area contributed by atoms with Gasteiger partial charge in [0.2, 0.25) is 5.95 Å². The van der Waals surface area contributed by atoms with Gasteiger partial charge >= 0.3 is 0 Å². The number of nitrogens with zero attached hydrogens (tertiary/aromatic N) is 4. The maximum atomic E-state index is 13.1. The molecule has 0 radical (unpaired) electrons. The van der Waals surface area contributed by atoms with E-state index in [2.05, 4.69) is 20.9 Å². The van der Waals surface area contributed by atoms with Crippen molar-refractivity contribution in [3.63, 3.8) is 0 Å². The molecule has 5 rings (SSSR count). The highest BCUT2D eigenvalue weighted by Gasteiger charge is 2.41. The van der Waals surface area contributed by atoms with E-state index >= 15 is 0 Å². The van der Waals surface area contributed by atoms with Gasteiger partial charge in [-0.15, -0.1) is 0 Å². The second-order valence-electron chi connectivity index (χ2n) is 7.58. The molecule has 0 aliphatic carbocycles. The molecule has 0 bridgehead atoms. The van der Waals surface area contributed by atoms with E-state index in [1.165, 1.54) is 12.1 Å². The molecular weight excluding hydrogens is 355 g/mol. The molecule has 1 saturated heterocycles. The summed E-state index contributed by atoms with van der Waals surface area (Å²) in [5.74, 6) is 1.02. The van der Waals surface area contributed by atoms with Crippen LogP contribution in [-0.2, 0) is 12.1 Å². The van der Waals surface area contributed by atoms with Gasteiger partial charge in [0.1, 0.15) is 11.5 Å². The van der Waals surface area contributed by atoms with E-state index in [1.807, 2.05) is 30.3 Å². The number of nitrogens with two attached hydrogens (primary N) is 1. The molecule has 1 fully saturated rings. The van der Waals surface area contributed by atoms with Crippen molar-refractivity contribution >= 4 is 22.9 Å². The second-order valence-corrected chi connectivity index (χ2v) is 7.58. The molecule has 7 heteroatoms. The van der Waals surface area contributed by atoms with Crippen molar-refractivity contribution in [3.8, 4) is 0 Å². The van der Waals surface area contributed by atoms with Crippen LogP contribution in [0.25, 0.3) is 11.0 Å². The normalized spacial score (nSPS) is 18.7. The quantitative estimate of drug-likeness (QED) is 0.735. The highest BCUT2D eigenvalue weighted by atomic mass is 19.1. The third-order valence-corrected chi connectivity index (χ3v) is 5.83. The Bertz CT molecular complexity index is 1030. The van der Waals surface area contributed by atoms with Crippen LogP contribution in [0.4, 0.5) is 10.3 Å². The van der Waals surface area contributed by atoms with Gasteiger partial charge in [-0.1, -0.05) is 24.3 Å². The Labute approximate surface area is 162 Å². The molecule has 28 heavy (non-hydrogen) atoms. The smallest absolute Gasteiger partial charge is 0.212 e. The van der Waals surface area contributed by atoms with E-state index in [0.717, 1.165) is 61.4 Å². The Morgan fingerprint density at radius 3 is 2.61 bits per heavy atom. The average molecular weight is 378 g/mol. The Hall–Kier alpha value is -2.93. The zero-order valence-electron chi connectivity index (χ0n) is 15.6. The van der Waals surface area contributed by atoms with Crippen molar-refractivity contribution in [2.24, 2.45) is 10.7 Å². The molecule has 6 nitrogen and oxygen atoms in total. The predicted molar refractivity (Wildman–Crippen MR) is 109 cm³/mol. The fourth-order valence-corrected chi connectivity index (χ4v) is 4.36. The third-order valence-electron chi connectivity index (χ3n) is 5.83. The zero-order chi connectivity index (χ0) is 19.1. The Kier molecular flexibility index (Phi) is 4.05. The monoisotopic (exact) mass is 378 g/mol. The lowest BCUT2D eigenvalue weighted by Gasteiger charge is -2.42. The summed E-state index contributed by atoms with van der Waals surface area (Å²) in [7, 11) is 0. The first-order valence-electron chi connectivity index (χ1n) is 9.70. The number of para-hydroxylation sites is 2. The zero-order valence-corrected chi connectivity index (χ0v) is 15.6. The topological polar surface area (TPSA) is 71.5 Å². The lowest BCUT2D eigenvalue weighted by atomic mass is 9.95. The molecule has 3 heterocycles. The van der Waals surface area contributed by atoms with Crippen LogP contribution in [0.15, 0.2) is 53.5 Å². The number of nitrogens with one attached hydrogen (secondary N) is 1. The molecular formula is C21H23FN6. The van der Waals surface area contributed by atoms with Gasteiger partial charge in [0.15, 0.2) is 5.96 Å². The molecule has 1 spiro atoms. The minimum atomic E-state index is -0.382. The van der Waals surface area contributed by atoms with Crippen LogP contribution in [0.3, 0.4) is 0 Å². The summed E-state index contributed by atoms with van der Waals surface area (Å²) in [4.78, 5) is 12.0. The minimum Gasteiger partial charge on any atom is -0.370 e. The first-order chi connectivity index (χ1) is 13.6. The lowest BCUT2D eigenvalue weighted by Crippen LogP contribution is -2.49. The van der Waals surface area contributed by atoms with Crippen LogP contribution >= 0.6 is 0 Å². The van der Waals surface area contributed by atoms with Gasteiger partial charge in [0.25, 0.3) is 0 Å². The van der Waals surface area contributed by atoms with Crippen LogP contribution in [0, 0.1) is 5.82 Å². The van der Waals surface area contributed by atoms with E-state index < -0.39 is 0 Å². The third kappa shape index (κ3) is 2.92. The van der Waals surface area contributed by atoms with E-state index in [4.69, 9.17) is 15.7 Å². The van der Waals surface area contributed by atoms with Crippen LogP contribution < -0.4 is 11.1 Å². The Morgan fingerprint density at radius 2 is 1.82 bits per heavy atom. The molecule has 2 aliphatic rings. The largest absolute Gasteiger partial charge is 0.370 e. The Balaban J connectivity index is 1.35. The summed E-state index contributed by atoms with van der Waals surface area (Å²) in [6.07, 6.45) is 2.68. The molecule has 0 atom stereocenters. The fraction of sp³-hybridized carbons (Fsp3) is 0.333. The molecule has 2 aromatic carbocycles. The van der Waals surface area contributed by atoms with Crippen molar-refractivity contribution in [1.82, 2.24) is 14.5 Å². The number of piperidine rings is 1. The summed E-state index contributed by atoms with van der Waals surface area (Å²) < 4.78 is 15.3. The highest BCUT2D eigenvalue weighted by Crippen LogP contribution is 2.39. The minimum absolute atomic E-state index is 0.187. The van der Waals surface area contributed by atoms with E-state index in [9.17, 15) is 4.39 Å². The van der Waals surface area contributed by atoms with E-state index in [-0.39, 0.29) is 11.5 Å². The number of fused-ring (bicyclic) bond motifs is 4. The van der Waals surface area contributed by atoms with Crippen LogP contribution in [0.2, 0.25) is 0 Å². The van der Waals surface area contributed by atoms with Crippen molar-refractivity contribution in [2.75, 3.05) is 25.0 Å². The lowest BCUT2D eigenvalue weighted by molar-refractivity contribution is 0.120. The molecule has 3 N–H and O–H groups in total. The van der Waals surface area contributed by atoms with Gasteiger partial charge in [0.05, 0.1) is 11.0 Å². The summed E-state index contributed by atoms with van der Waals surface area (Å²) >= 11 is 0. The number of rotatable bonds is 3. The maximum Gasteiger partial charge on any atom is 0.212 e. The first-order valence-corrected chi connectivity index (χ1v) is 9.70. The number of aromatic nitrogens is 2. The maximum absolute atomic E-state index is 13.1. The van der Waals surface area contributed by atoms with Gasteiger partial charge in [-0.05, 0) is 36.2 Å². The van der Waals surface area contributed by atoms with Crippen molar-refractivity contribution < 1.29 is 4.39 Å². The van der Waals surface area contributed by atoms with Gasteiger partial charge < -0.3 is 10.6 Å². The SMILES string of the molecule is NC1=NC2(CCN(CCc3ccc(F)cc3)CC2)n2c(nc3ccccc32)N1. The number of likely N-dealkylation sites (tertiary alicyclic amines) is 1. The molecule has 3 aromatic rings. The van der Waals surface area contributed by atoms with Gasteiger partial charge in [-0.25, -0.2) is 14.4 Å². The molecule has 144 valence electrons. The standard InChI is InChI=1S/C21H23FN6/c22-16-7-5-15(6-8-16)9-12-27-13-10-21(11-14-27)26-19(23)25-20-24-17-3-1-2-4-18(17)28(20)21/h1-8H,9-14H2,(H3,23,24,25,26). The summed E-state index contributed by atoms with van der Waals surface area (Å²) in [5.41, 5.74) is 8.91. The highest BCUT2D eigenvalue weighted by molar-refractivity contribution is 5.94. The number of benzene rings is 2. The number of aliphatic imine (C=N–C) groups is 1. The predicted octanol–water partition coefficient (Wildman–Crippen LogP) is 2.91. The van der Waals surface area contributed by atoms with Crippen molar-refractivity contribution in [3.05, 3.63) is 59.9 Å². The number of halogens is 1. The average Bonchev–Trinajstić information content (AvgIpc) is 3.07. The molecule has 1 aromatic heterocycles. The molecule has 0 unspecified atom stereocenters. The van der Waals surface area contributed by atoms with Gasteiger partial charge in [0, 0.05) is 32.5 Å². The summed E-state index contributed by atoms with van der Waals surface area (Å²) in [6, 6.07) is 14.9. The van der Waals surface area contributed by atoms with Crippen molar-refractivity contribution in [1.29, 1.82) is 0 Å². The fourth-order valence-electron chi connectivity index (χ4n) is 4.36. The van der Waals surface area contributed by atoms with Crippen LogP contribution in [0.1, 0.15) is 18.4 Å². The summed E-state index contributed by atoms with van der Waals surface area (Å²) in [5, 5.41) is 3.12. The number of imidazole rings is 1. The molecule has 0 amide bonds. The van der Waals surface area contributed by atoms with Crippen molar-refractivity contribution in [2.45, 2.75) is 24.9 Å². The number of guanidine groups is 1. The van der Waals surface area contributed by atoms with E-state index in [0.29, 0.717) is 5.96 Å². The van der Waals surface area contributed by atoms with Gasteiger partial charge in [-0.3, -0.25) is 9.88 Å². The Morgan fingerprint density at radius 1 is 1.07 bits per heavy atom. The molecule has 2 aliphatic heterocycles. The molecule has 0 saturated carbocycles. The van der Waals surface area contributed by atoms with Crippen LogP contribution in [-0.4, -0.2) is 40.0 Å². The summed E-state index contributed by atoms with van der Waals surface area (Å²) in [6.45, 7) is 2.82. The number of anilines is 1.